The van der Waals surface area contributed by atoms with Crippen LogP contribution in [0.25, 0.3) is 0 Å². The Morgan fingerprint density at radius 1 is 0.968 bits per heavy atom. The largest absolute Gasteiger partial charge is 0.457 e. The zero-order valence-electron chi connectivity index (χ0n) is 17.2. The highest BCUT2D eigenvalue weighted by atomic mass is 32.2. The number of nitrogens with zero attached hydrogens (tertiary/aromatic N) is 2. The molecule has 156 valence electrons. The number of thioether (sulfide) groups is 1. The first-order valence-electron chi connectivity index (χ1n) is 9.74. The maximum Gasteiger partial charge on any atom is 0.256 e. The second-order valence-corrected chi connectivity index (χ2v) is 7.93. The van der Waals surface area contributed by atoms with Gasteiger partial charge in [0.15, 0.2) is 5.82 Å². The summed E-state index contributed by atoms with van der Waals surface area (Å²) >= 11 is 1.49. The summed E-state index contributed by atoms with van der Waals surface area (Å²) in [6.45, 7) is 3.78. The second-order valence-electron chi connectivity index (χ2n) is 6.91. The van der Waals surface area contributed by atoms with E-state index in [-0.39, 0.29) is 5.91 Å². The van der Waals surface area contributed by atoms with Crippen molar-refractivity contribution in [3.8, 4) is 11.5 Å². The smallest absolute Gasteiger partial charge is 0.256 e. The lowest BCUT2D eigenvalue weighted by molar-refractivity contribution is 0.102. The Bertz CT molecular complexity index is 1170. The summed E-state index contributed by atoms with van der Waals surface area (Å²) in [4.78, 5) is 17.9. The van der Waals surface area contributed by atoms with Gasteiger partial charge in [0.2, 0.25) is 5.89 Å². The molecule has 0 aliphatic rings. The molecule has 3 aromatic carbocycles. The van der Waals surface area contributed by atoms with E-state index in [0.29, 0.717) is 34.5 Å². The zero-order chi connectivity index (χ0) is 21.6. The third-order valence-corrected chi connectivity index (χ3v) is 5.50. The number of carbonyl (C=O) groups is 1. The number of amides is 1. The number of benzene rings is 3. The normalized spacial score (nSPS) is 10.6. The molecular formula is C24H21N3O3S. The molecule has 31 heavy (non-hydrogen) atoms. The van der Waals surface area contributed by atoms with Crippen LogP contribution in [0, 0.1) is 13.8 Å². The highest BCUT2D eigenvalue weighted by Crippen LogP contribution is 2.27. The summed E-state index contributed by atoms with van der Waals surface area (Å²) in [7, 11) is 0. The number of aromatic nitrogens is 2. The number of nitrogens with one attached hydrogen (secondary N) is 1. The van der Waals surface area contributed by atoms with E-state index in [1.54, 1.807) is 13.0 Å². The van der Waals surface area contributed by atoms with Crippen LogP contribution < -0.4 is 10.1 Å². The van der Waals surface area contributed by atoms with Crippen LogP contribution in [0.2, 0.25) is 0 Å². The molecule has 0 spiro atoms. The van der Waals surface area contributed by atoms with Crippen LogP contribution in [0.4, 0.5) is 5.69 Å². The predicted octanol–water partition coefficient (Wildman–Crippen LogP) is 6.02. The first-order valence-corrected chi connectivity index (χ1v) is 10.7. The Morgan fingerprint density at radius 3 is 2.32 bits per heavy atom. The van der Waals surface area contributed by atoms with E-state index in [1.807, 2.05) is 73.7 Å². The van der Waals surface area contributed by atoms with Crippen molar-refractivity contribution >= 4 is 23.4 Å². The van der Waals surface area contributed by atoms with Crippen LogP contribution in [-0.4, -0.2) is 16.0 Å². The van der Waals surface area contributed by atoms with E-state index in [4.69, 9.17) is 9.26 Å². The summed E-state index contributed by atoms with van der Waals surface area (Å²) in [5.41, 5.74) is 2.46. The summed E-state index contributed by atoms with van der Waals surface area (Å²) < 4.78 is 10.8. The highest BCUT2D eigenvalue weighted by Gasteiger charge is 2.13. The molecule has 1 heterocycles. The van der Waals surface area contributed by atoms with Gasteiger partial charge in [0.25, 0.3) is 5.91 Å². The van der Waals surface area contributed by atoms with Crippen molar-refractivity contribution in [2.45, 2.75) is 24.5 Å². The first-order chi connectivity index (χ1) is 15.1. The van der Waals surface area contributed by atoms with Crippen molar-refractivity contribution in [2.24, 2.45) is 0 Å². The summed E-state index contributed by atoms with van der Waals surface area (Å²) in [5.74, 6) is 2.93. The van der Waals surface area contributed by atoms with Gasteiger partial charge < -0.3 is 14.6 Å². The zero-order valence-corrected chi connectivity index (χ0v) is 18.0. The van der Waals surface area contributed by atoms with Crippen LogP contribution in [0.15, 0.2) is 82.2 Å². The third kappa shape index (κ3) is 5.52. The molecule has 7 heteroatoms. The van der Waals surface area contributed by atoms with E-state index < -0.39 is 0 Å². The van der Waals surface area contributed by atoms with Gasteiger partial charge >= 0.3 is 0 Å². The van der Waals surface area contributed by atoms with Crippen LogP contribution in [-0.2, 0) is 5.75 Å². The third-order valence-electron chi connectivity index (χ3n) is 4.43. The molecule has 0 radical (unpaired) electrons. The summed E-state index contributed by atoms with van der Waals surface area (Å²) in [6, 6.07) is 22.6. The number of anilines is 1. The lowest BCUT2D eigenvalue weighted by atomic mass is 10.2. The molecule has 0 fully saturated rings. The van der Waals surface area contributed by atoms with Crippen LogP contribution in [0.1, 0.15) is 27.6 Å². The molecule has 1 N–H and O–H groups in total. The number of carbonyl (C=O) groups excluding carboxylic acids is 1. The molecule has 1 amide bonds. The molecule has 0 saturated heterocycles. The van der Waals surface area contributed by atoms with E-state index in [2.05, 4.69) is 15.5 Å². The molecule has 6 nitrogen and oxygen atoms in total. The SMILES string of the molecule is Cc1ccc(Oc2ccc(NC(=O)c3ccccc3SCc3noc(C)n3)cc2)cc1. The van der Waals surface area contributed by atoms with Crippen molar-refractivity contribution < 1.29 is 14.1 Å². The molecule has 4 aromatic rings. The van der Waals surface area contributed by atoms with Crippen molar-refractivity contribution in [1.82, 2.24) is 10.1 Å². The Kier molecular flexibility index (Phi) is 6.33. The van der Waals surface area contributed by atoms with Crippen molar-refractivity contribution in [2.75, 3.05) is 5.32 Å². The second kappa shape index (κ2) is 9.49. The van der Waals surface area contributed by atoms with Gasteiger partial charge in [-0.15, -0.1) is 11.8 Å². The Balaban J connectivity index is 1.40. The molecular weight excluding hydrogens is 410 g/mol. The first kappa shape index (κ1) is 20.7. The maximum absolute atomic E-state index is 12.9. The highest BCUT2D eigenvalue weighted by molar-refractivity contribution is 7.98. The quantitative estimate of drug-likeness (QED) is 0.360. The molecule has 0 saturated carbocycles. The van der Waals surface area contributed by atoms with Gasteiger partial charge in [-0.05, 0) is 55.5 Å². The van der Waals surface area contributed by atoms with Crippen molar-refractivity contribution in [1.29, 1.82) is 0 Å². The minimum atomic E-state index is -0.181. The van der Waals surface area contributed by atoms with Gasteiger partial charge in [-0.1, -0.05) is 35.0 Å². The lowest BCUT2D eigenvalue weighted by Gasteiger charge is -2.10. The standard InChI is InChI=1S/C24H21N3O3S/c1-16-7-11-19(12-8-16)29-20-13-9-18(10-14-20)26-24(28)21-5-3-4-6-22(21)31-15-23-25-17(2)30-27-23/h3-14H,15H2,1-2H3,(H,26,28). The fraction of sp³-hybridized carbons (Fsp3) is 0.125. The molecule has 0 aliphatic carbocycles. The number of rotatable bonds is 7. The number of aryl methyl sites for hydroxylation is 2. The van der Waals surface area contributed by atoms with E-state index >= 15 is 0 Å². The topological polar surface area (TPSA) is 77.2 Å². The molecule has 4 rings (SSSR count). The fourth-order valence-electron chi connectivity index (χ4n) is 2.87. The van der Waals surface area contributed by atoms with Gasteiger partial charge in [0, 0.05) is 17.5 Å². The van der Waals surface area contributed by atoms with Crippen LogP contribution in [0.5, 0.6) is 11.5 Å². The lowest BCUT2D eigenvalue weighted by Crippen LogP contribution is -2.12. The van der Waals surface area contributed by atoms with Crippen LogP contribution in [0.3, 0.4) is 0 Å². The number of hydrogen-bond donors (Lipinski definition) is 1. The number of hydrogen-bond acceptors (Lipinski definition) is 6. The summed E-state index contributed by atoms with van der Waals surface area (Å²) in [5, 5.41) is 6.84. The van der Waals surface area contributed by atoms with E-state index in [1.165, 1.54) is 17.3 Å². The van der Waals surface area contributed by atoms with Gasteiger partial charge in [-0.2, -0.15) is 4.98 Å². The minimum absolute atomic E-state index is 0.181. The van der Waals surface area contributed by atoms with Gasteiger partial charge in [0.1, 0.15) is 11.5 Å². The fourth-order valence-corrected chi connectivity index (χ4v) is 3.76. The van der Waals surface area contributed by atoms with E-state index in [0.717, 1.165) is 10.6 Å². The molecule has 0 aliphatic heterocycles. The minimum Gasteiger partial charge on any atom is -0.457 e. The Morgan fingerprint density at radius 2 is 1.65 bits per heavy atom. The van der Waals surface area contributed by atoms with E-state index in [9.17, 15) is 4.79 Å². The summed E-state index contributed by atoms with van der Waals surface area (Å²) in [6.07, 6.45) is 0. The monoisotopic (exact) mass is 431 g/mol. The molecule has 1 aromatic heterocycles. The molecule has 0 atom stereocenters. The molecule has 0 unspecified atom stereocenters. The maximum atomic E-state index is 12.9. The van der Waals surface area contributed by atoms with Gasteiger partial charge in [-0.3, -0.25) is 4.79 Å². The number of ether oxygens (including phenoxy) is 1. The van der Waals surface area contributed by atoms with Crippen molar-refractivity contribution in [3.05, 3.63) is 95.6 Å². The average Bonchev–Trinajstić information content (AvgIpc) is 3.20. The van der Waals surface area contributed by atoms with Gasteiger partial charge in [0.05, 0.1) is 11.3 Å². The van der Waals surface area contributed by atoms with Gasteiger partial charge in [-0.25, -0.2) is 0 Å². The average molecular weight is 432 g/mol. The molecule has 0 bridgehead atoms. The Labute approximate surface area is 184 Å². The van der Waals surface area contributed by atoms with Crippen molar-refractivity contribution in [3.63, 3.8) is 0 Å². The van der Waals surface area contributed by atoms with Crippen LogP contribution >= 0.6 is 11.8 Å². The Hall–Kier alpha value is -3.58. The predicted molar refractivity (Wildman–Crippen MR) is 121 cm³/mol.